The Hall–Kier alpha value is -5.88. The number of phenols is 2. The molecule has 0 bridgehead atoms. The molecule has 5 aromatic rings. The zero-order valence-electron chi connectivity index (χ0n) is 23.8. The summed E-state index contributed by atoms with van der Waals surface area (Å²) < 4.78 is 2.10. The van der Waals surface area contributed by atoms with Gasteiger partial charge in [0.25, 0.3) is 0 Å². The van der Waals surface area contributed by atoms with E-state index >= 15 is 0 Å². The summed E-state index contributed by atoms with van der Waals surface area (Å²) in [7, 11) is 0. The zero-order chi connectivity index (χ0) is 30.2. The molecule has 0 saturated heterocycles. The molecular weight excluding hydrogens is 548 g/mol. The van der Waals surface area contributed by atoms with Gasteiger partial charge in [0.2, 0.25) is 17.0 Å². The zero-order valence-corrected chi connectivity index (χ0v) is 23.8. The molecule has 0 atom stereocenters. The van der Waals surface area contributed by atoms with Gasteiger partial charge in [-0.3, -0.25) is 4.79 Å². The van der Waals surface area contributed by atoms with E-state index < -0.39 is 0 Å². The number of carbonyl (C=O) groups excluding carboxylic acids is 1. The van der Waals surface area contributed by atoms with Gasteiger partial charge in [0.15, 0.2) is 6.54 Å². The second-order valence-electron chi connectivity index (χ2n) is 10.9. The van der Waals surface area contributed by atoms with Crippen LogP contribution in [0.15, 0.2) is 144 Å². The van der Waals surface area contributed by atoms with Gasteiger partial charge in [-0.1, -0.05) is 48.5 Å². The largest absolute Gasteiger partial charge is 0.508 e. The van der Waals surface area contributed by atoms with Gasteiger partial charge in [0, 0.05) is 47.1 Å². The van der Waals surface area contributed by atoms with Crippen molar-refractivity contribution in [1.82, 2.24) is 0 Å². The molecule has 0 spiro atoms. The van der Waals surface area contributed by atoms with E-state index in [2.05, 4.69) is 9.47 Å². The van der Waals surface area contributed by atoms with Crippen LogP contribution < -0.4 is 9.47 Å². The minimum atomic E-state index is -0.226. The van der Waals surface area contributed by atoms with E-state index in [1.54, 1.807) is 36.4 Å². The number of para-hydroxylation sites is 2. The van der Waals surface area contributed by atoms with E-state index in [-0.39, 0.29) is 34.2 Å². The van der Waals surface area contributed by atoms with E-state index in [9.17, 15) is 20.1 Å². The third kappa shape index (κ3) is 5.03. The van der Waals surface area contributed by atoms with Crippen molar-refractivity contribution < 1.29 is 24.7 Å². The molecule has 2 heterocycles. The van der Waals surface area contributed by atoms with Gasteiger partial charge in [-0.05, 0) is 77.9 Å². The van der Waals surface area contributed by atoms with Crippen molar-refractivity contribution in [2.24, 2.45) is 0 Å². The number of aromatic nitrogens is 1. The van der Waals surface area contributed by atoms with E-state index in [1.165, 1.54) is 0 Å². The Morgan fingerprint density at radius 1 is 0.682 bits per heavy atom. The first-order valence-corrected chi connectivity index (χ1v) is 14.4. The number of Topliss-reactive ketones (excluding diaryl/α,β-unsaturated/α-hetero) is 1. The predicted octanol–water partition coefficient (Wildman–Crippen LogP) is 6.98. The Morgan fingerprint density at radius 3 is 2.11 bits per heavy atom. The lowest BCUT2D eigenvalue weighted by Gasteiger charge is -2.31. The molecule has 44 heavy (non-hydrogen) atoms. The van der Waals surface area contributed by atoms with E-state index in [0.29, 0.717) is 13.1 Å². The lowest BCUT2D eigenvalue weighted by atomic mass is 9.86. The number of ketones is 1. The molecule has 214 valence electrons. The Kier molecular flexibility index (Phi) is 6.79. The number of pyridine rings is 1. The first-order valence-electron chi connectivity index (χ1n) is 14.4. The fourth-order valence-electron chi connectivity index (χ4n) is 5.74. The van der Waals surface area contributed by atoms with Crippen LogP contribution in [-0.4, -0.2) is 21.1 Å². The standard InChI is InChI=1S/C38H28N2O4/c41-31-17-9-25(10-18-31)23-39-29(15-13-27-5-1-3-7-35(27)39)21-33-37(43)34(38(33)44)22-30-16-14-28-6-2-4-8-36(28)40(30)24-26-11-19-32(42)20-12-26/h1-22H,23-24H2,(H2-,41,42,43,44)/p+1. The van der Waals surface area contributed by atoms with E-state index in [4.69, 9.17) is 0 Å². The second kappa shape index (κ2) is 11.1. The average Bonchev–Trinajstić information content (AvgIpc) is 3.05. The van der Waals surface area contributed by atoms with Crippen LogP contribution in [-0.2, 0) is 17.9 Å². The van der Waals surface area contributed by atoms with Gasteiger partial charge in [-0.25, -0.2) is 0 Å². The fourth-order valence-corrected chi connectivity index (χ4v) is 5.74. The van der Waals surface area contributed by atoms with Gasteiger partial charge in [0.1, 0.15) is 17.3 Å². The number of aromatic hydroxyl groups is 2. The first kappa shape index (κ1) is 27.0. The molecule has 6 nitrogen and oxygen atoms in total. The number of hydrogen-bond donors (Lipinski definition) is 3. The molecule has 1 aliphatic carbocycles. The van der Waals surface area contributed by atoms with Crippen LogP contribution in [0, 0.1) is 0 Å². The van der Waals surface area contributed by atoms with Gasteiger partial charge < -0.3 is 20.2 Å². The van der Waals surface area contributed by atoms with Crippen molar-refractivity contribution in [3.8, 4) is 11.5 Å². The van der Waals surface area contributed by atoms with Crippen molar-refractivity contribution in [1.29, 1.82) is 0 Å². The van der Waals surface area contributed by atoms with Crippen LogP contribution in [0.1, 0.15) is 22.4 Å². The third-order valence-electron chi connectivity index (χ3n) is 8.08. The van der Waals surface area contributed by atoms with E-state index in [0.717, 1.165) is 44.7 Å². The summed E-state index contributed by atoms with van der Waals surface area (Å²) in [4.78, 5) is 15.6. The maximum atomic E-state index is 13.5. The minimum absolute atomic E-state index is 0.0383. The number of hydrogen-bond acceptors (Lipinski definition) is 5. The number of benzene rings is 4. The topological polar surface area (TPSA) is 84.9 Å². The smallest absolute Gasteiger partial charge is 0.213 e. The van der Waals surface area contributed by atoms with Gasteiger partial charge in [-0.15, -0.1) is 0 Å². The highest BCUT2D eigenvalue weighted by atomic mass is 16.3. The number of allylic oxidation sites excluding steroid dienone is 4. The molecule has 6 heteroatoms. The highest BCUT2D eigenvalue weighted by Crippen LogP contribution is 2.37. The number of fused-ring (bicyclic) bond motifs is 2. The molecule has 0 unspecified atom stereocenters. The SMILES string of the molecule is O=C1C(/C=C2\C=Cc3ccccc3N2Cc2ccc(O)cc2)=C(O)C/1=C\c1ccc2ccccc2[n+]1Cc1ccc(O)cc1. The Balaban J connectivity index is 1.26. The maximum Gasteiger partial charge on any atom is 0.213 e. The lowest BCUT2D eigenvalue weighted by molar-refractivity contribution is -0.664. The highest BCUT2D eigenvalue weighted by molar-refractivity contribution is 6.23. The number of anilines is 1. The number of phenolic OH excluding ortho intramolecular Hbond substituents is 2. The molecule has 0 fully saturated rings. The van der Waals surface area contributed by atoms with Crippen molar-refractivity contribution in [2.75, 3.05) is 4.90 Å². The molecule has 1 aromatic heterocycles. The summed E-state index contributed by atoms with van der Waals surface area (Å²) in [5, 5.41) is 31.7. The molecule has 0 radical (unpaired) electrons. The lowest BCUT2D eigenvalue weighted by Crippen LogP contribution is -2.39. The maximum absolute atomic E-state index is 13.5. The summed E-state index contributed by atoms with van der Waals surface area (Å²) >= 11 is 0. The number of rotatable bonds is 6. The van der Waals surface area contributed by atoms with Crippen molar-refractivity contribution in [2.45, 2.75) is 13.1 Å². The number of carbonyl (C=O) groups is 1. The van der Waals surface area contributed by atoms with E-state index in [1.807, 2.05) is 97.1 Å². The van der Waals surface area contributed by atoms with Crippen LogP contribution in [0.25, 0.3) is 23.1 Å². The number of nitrogens with zero attached hydrogens (tertiary/aromatic N) is 2. The predicted molar refractivity (Wildman–Crippen MR) is 172 cm³/mol. The minimum Gasteiger partial charge on any atom is -0.508 e. The molecule has 1 aliphatic heterocycles. The Labute approximate surface area is 254 Å². The Morgan fingerprint density at radius 2 is 1.36 bits per heavy atom. The normalized spacial score (nSPS) is 16.1. The summed E-state index contributed by atoms with van der Waals surface area (Å²) in [5.74, 6) is 0.141. The second-order valence-corrected chi connectivity index (χ2v) is 10.9. The molecule has 0 amide bonds. The van der Waals surface area contributed by atoms with Gasteiger partial charge >= 0.3 is 0 Å². The summed E-state index contributed by atoms with van der Waals surface area (Å²) in [6.45, 7) is 1.04. The highest BCUT2D eigenvalue weighted by Gasteiger charge is 2.34. The van der Waals surface area contributed by atoms with Gasteiger partial charge in [-0.2, -0.15) is 4.57 Å². The fraction of sp³-hybridized carbons (Fsp3) is 0.0526. The molecule has 2 aliphatic rings. The number of aliphatic hydroxyl groups is 1. The average molecular weight is 578 g/mol. The van der Waals surface area contributed by atoms with Crippen LogP contribution in [0.4, 0.5) is 5.69 Å². The van der Waals surface area contributed by atoms with Crippen molar-refractivity contribution in [3.63, 3.8) is 0 Å². The summed E-state index contributed by atoms with van der Waals surface area (Å²) in [5.41, 5.74) is 7.09. The molecule has 0 saturated carbocycles. The van der Waals surface area contributed by atoms with Gasteiger partial charge in [0.05, 0.1) is 11.1 Å². The van der Waals surface area contributed by atoms with Crippen LogP contribution in [0.2, 0.25) is 0 Å². The Bertz CT molecular complexity index is 2050. The molecular formula is C38H29N2O4+. The van der Waals surface area contributed by atoms with Crippen molar-refractivity contribution in [3.05, 3.63) is 166 Å². The van der Waals surface area contributed by atoms with Crippen molar-refractivity contribution >= 4 is 34.5 Å². The van der Waals surface area contributed by atoms with Crippen LogP contribution in [0.3, 0.4) is 0 Å². The van der Waals surface area contributed by atoms with Crippen LogP contribution >= 0.6 is 0 Å². The first-order chi connectivity index (χ1) is 21.4. The molecule has 4 aromatic carbocycles. The quantitative estimate of drug-likeness (QED) is 0.150. The number of aliphatic hydroxyl groups excluding tert-OH is 1. The summed E-state index contributed by atoms with van der Waals surface area (Å²) in [6, 6.07) is 34.1. The third-order valence-corrected chi connectivity index (χ3v) is 8.08. The van der Waals surface area contributed by atoms with Crippen LogP contribution in [0.5, 0.6) is 11.5 Å². The summed E-state index contributed by atoms with van der Waals surface area (Å²) in [6.07, 6.45) is 7.44. The molecule has 7 rings (SSSR count). The molecule has 3 N–H and O–H groups in total. The monoisotopic (exact) mass is 577 g/mol.